The van der Waals surface area contributed by atoms with E-state index in [1.165, 1.54) is 36.8 Å². The molecule has 1 fully saturated rings. The summed E-state index contributed by atoms with van der Waals surface area (Å²) in [5.74, 6) is 0. The van der Waals surface area contributed by atoms with Crippen LogP contribution in [-0.2, 0) is 6.54 Å². The average molecular weight is 262 g/mol. The quantitative estimate of drug-likeness (QED) is 0.827. The molecule has 0 unspecified atom stereocenters. The molecule has 0 saturated heterocycles. The molecule has 0 aliphatic heterocycles. The van der Waals surface area contributed by atoms with E-state index in [4.69, 9.17) is 18.0 Å². The van der Waals surface area contributed by atoms with E-state index in [1.807, 2.05) is 0 Å². The maximum absolute atomic E-state index is 5.73. The molecule has 0 spiro atoms. The third kappa shape index (κ3) is 3.79. The molecule has 1 saturated carbocycles. The molecule has 1 aliphatic carbocycles. The fourth-order valence-electron chi connectivity index (χ4n) is 2.71. The second-order valence-corrected chi connectivity index (χ2v) is 5.82. The molecule has 98 valence electrons. The molecule has 1 aromatic carbocycles. The summed E-state index contributed by atoms with van der Waals surface area (Å²) in [6.07, 6.45) is 5.25. The molecule has 0 atom stereocenters. The number of nitrogens with two attached hydrogens (primary N) is 1. The maximum atomic E-state index is 5.73. The molecule has 1 aliphatic rings. The van der Waals surface area contributed by atoms with Crippen molar-refractivity contribution in [3.05, 3.63) is 35.4 Å². The Bertz CT molecular complexity index is 393. The molecular weight excluding hydrogens is 240 g/mol. The standard InChI is InChI=1S/C15H22N2S/c1-12-6-8-13(9-7-12)10-17(11-15(16)18)14-4-2-3-5-14/h6-9,14H,2-5,10-11H2,1H3,(H2,16,18). The Kier molecular flexibility index (Phi) is 4.72. The normalized spacial score (nSPS) is 16.3. The van der Waals surface area contributed by atoms with E-state index in [-0.39, 0.29) is 0 Å². The van der Waals surface area contributed by atoms with Crippen LogP contribution in [0.3, 0.4) is 0 Å². The van der Waals surface area contributed by atoms with Gasteiger partial charge in [0.25, 0.3) is 0 Å². The van der Waals surface area contributed by atoms with Gasteiger partial charge in [0.15, 0.2) is 0 Å². The molecule has 18 heavy (non-hydrogen) atoms. The van der Waals surface area contributed by atoms with Crippen LogP contribution in [0.2, 0.25) is 0 Å². The molecule has 0 radical (unpaired) electrons. The van der Waals surface area contributed by atoms with Gasteiger partial charge in [0.05, 0.1) is 4.99 Å². The van der Waals surface area contributed by atoms with E-state index < -0.39 is 0 Å². The number of benzene rings is 1. The van der Waals surface area contributed by atoms with Crippen LogP contribution in [0.4, 0.5) is 0 Å². The van der Waals surface area contributed by atoms with Crippen LogP contribution >= 0.6 is 12.2 Å². The largest absolute Gasteiger partial charge is 0.392 e. The van der Waals surface area contributed by atoms with E-state index in [0.29, 0.717) is 11.0 Å². The number of aryl methyl sites for hydroxylation is 1. The summed E-state index contributed by atoms with van der Waals surface area (Å²) in [7, 11) is 0. The van der Waals surface area contributed by atoms with E-state index in [1.54, 1.807) is 0 Å². The highest BCUT2D eigenvalue weighted by Gasteiger charge is 2.22. The van der Waals surface area contributed by atoms with Gasteiger partial charge in [0.1, 0.15) is 0 Å². The fraction of sp³-hybridized carbons (Fsp3) is 0.533. The van der Waals surface area contributed by atoms with E-state index >= 15 is 0 Å². The topological polar surface area (TPSA) is 29.3 Å². The van der Waals surface area contributed by atoms with E-state index in [2.05, 4.69) is 36.1 Å². The Balaban J connectivity index is 2.03. The third-order valence-corrected chi connectivity index (χ3v) is 3.84. The summed E-state index contributed by atoms with van der Waals surface area (Å²) in [5, 5.41) is 0. The molecule has 3 heteroatoms. The molecule has 2 nitrogen and oxygen atoms in total. The lowest BCUT2D eigenvalue weighted by Crippen LogP contribution is -2.38. The summed E-state index contributed by atoms with van der Waals surface area (Å²) >= 11 is 5.08. The van der Waals surface area contributed by atoms with Crippen molar-refractivity contribution in [1.29, 1.82) is 0 Å². The molecule has 2 rings (SSSR count). The van der Waals surface area contributed by atoms with Crippen molar-refractivity contribution in [3.63, 3.8) is 0 Å². The lowest BCUT2D eigenvalue weighted by Gasteiger charge is -2.28. The van der Waals surface area contributed by atoms with Crippen LogP contribution in [0.1, 0.15) is 36.8 Å². The first-order valence-electron chi connectivity index (χ1n) is 6.73. The number of hydrogen-bond acceptors (Lipinski definition) is 2. The van der Waals surface area contributed by atoms with Crippen molar-refractivity contribution in [2.75, 3.05) is 6.54 Å². The SMILES string of the molecule is Cc1ccc(CN(CC(N)=S)C2CCCC2)cc1. The Morgan fingerprint density at radius 3 is 2.44 bits per heavy atom. The molecule has 1 aromatic rings. The van der Waals surface area contributed by atoms with Crippen LogP contribution in [-0.4, -0.2) is 22.5 Å². The second kappa shape index (κ2) is 6.30. The van der Waals surface area contributed by atoms with Crippen molar-refractivity contribution >= 4 is 17.2 Å². The van der Waals surface area contributed by atoms with Crippen molar-refractivity contribution < 1.29 is 0 Å². The monoisotopic (exact) mass is 262 g/mol. The van der Waals surface area contributed by atoms with Gasteiger partial charge in [0.2, 0.25) is 0 Å². The van der Waals surface area contributed by atoms with Gasteiger partial charge in [-0.15, -0.1) is 0 Å². The van der Waals surface area contributed by atoms with E-state index in [0.717, 1.165) is 13.1 Å². The van der Waals surface area contributed by atoms with Gasteiger partial charge in [0, 0.05) is 19.1 Å². The third-order valence-electron chi connectivity index (χ3n) is 3.71. The summed E-state index contributed by atoms with van der Waals surface area (Å²) in [5.41, 5.74) is 8.39. The Hall–Kier alpha value is -0.930. The van der Waals surface area contributed by atoms with Gasteiger partial charge in [-0.05, 0) is 25.3 Å². The van der Waals surface area contributed by atoms with Gasteiger partial charge in [-0.2, -0.15) is 0 Å². The molecule has 0 amide bonds. The zero-order valence-corrected chi connectivity index (χ0v) is 11.9. The Labute approximate surface area is 115 Å². The molecule has 0 bridgehead atoms. The van der Waals surface area contributed by atoms with Gasteiger partial charge < -0.3 is 5.73 Å². The minimum absolute atomic E-state index is 0.606. The van der Waals surface area contributed by atoms with E-state index in [9.17, 15) is 0 Å². The highest BCUT2D eigenvalue weighted by molar-refractivity contribution is 7.80. The van der Waals surface area contributed by atoms with Gasteiger partial charge in [-0.25, -0.2) is 0 Å². The van der Waals surface area contributed by atoms with Crippen LogP contribution < -0.4 is 5.73 Å². The summed E-state index contributed by atoms with van der Waals surface area (Å²) in [6.45, 7) is 3.82. The first-order chi connectivity index (χ1) is 8.65. The minimum atomic E-state index is 0.606. The fourth-order valence-corrected chi connectivity index (χ4v) is 2.88. The first kappa shape index (κ1) is 13.5. The summed E-state index contributed by atoms with van der Waals surface area (Å²) < 4.78 is 0. The predicted octanol–water partition coefficient (Wildman–Crippen LogP) is 3.03. The van der Waals surface area contributed by atoms with Crippen LogP contribution in [0.25, 0.3) is 0 Å². The Morgan fingerprint density at radius 1 is 1.28 bits per heavy atom. The van der Waals surface area contributed by atoms with Crippen molar-refractivity contribution in [1.82, 2.24) is 4.90 Å². The molecule has 0 aromatic heterocycles. The average Bonchev–Trinajstić information content (AvgIpc) is 2.84. The van der Waals surface area contributed by atoms with Gasteiger partial charge in [-0.3, -0.25) is 4.90 Å². The Morgan fingerprint density at radius 2 is 1.89 bits per heavy atom. The molecule has 0 heterocycles. The van der Waals surface area contributed by atoms with Crippen LogP contribution in [0.15, 0.2) is 24.3 Å². The first-order valence-corrected chi connectivity index (χ1v) is 7.14. The van der Waals surface area contributed by atoms with Crippen LogP contribution in [0, 0.1) is 6.92 Å². The van der Waals surface area contributed by atoms with Crippen molar-refractivity contribution in [3.8, 4) is 0 Å². The molecular formula is C15H22N2S. The lowest BCUT2D eigenvalue weighted by atomic mass is 10.1. The number of thiocarbonyl (C=S) groups is 1. The number of rotatable bonds is 5. The second-order valence-electron chi connectivity index (χ2n) is 5.30. The lowest BCUT2D eigenvalue weighted by molar-refractivity contribution is 0.219. The van der Waals surface area contributed by atoms with Crippen LogP contribution in [0.5, 0.6) is 0 Å². The highest BCUT2D eigenvalue weighted by Crippen LogP contribution is 2.24. The smallest absolute Gasteiger partial charge is 0.0870 e. The number of nitrogens with zero attached hydrogens (tertiary/aromatic N) is 1. The van der Waals surface area contributed by atoms with Gasteiger partial charge >= 0.3 is 0 Å². The van der Waals surface area contributed by atoms with Crippen molar-refractivity contribution in [2.45, 2.75) is 45.2 Å². The number of hydrogen-bond donors (Lipinski definition) is 1. The zero-order chi connectivity index (χ0) is 13.0. The molecule has 2 N–H and O–H groups in total. The van der Waals surface area contributed by atoms with Crippen molar-refractivity contribution in [2.24, 2.45) is 5.73 Å². The predicted molar refractivity (Wildman–Crippen MR) is 80.6 cm³/mol. The zero-order valence-electron chi connectivity index (χ0n) is 11.1. The maximum Gasteiger partial charge on any atom is 0.0870 e. The summed E-state index contributed by atoms with van der Waals surface area (Å²) in [4.78, 5) is 3.05. The summed E-state index contributed by atoms with van der Waals surface area (Å²) in [6, 6.07) is 9.41. The minimum Gasteiger partial charge on any atom is -0.392 e. The van der Waals surface area contributed by atoms with Gasteiger partial charge in [-0.1, -0.05) is 54.9 Å². The highest BCUT2D eigenvalue weighted by atomic mass is 32.1.